The van der Waals surface area contributed by atoms with Gasteiger partial charge >= 0.3 is 0 Å². The number of hydrogen-bond acceptors (Lipinski definition) is 3. The second kappa shape index (κ2) is 10.8. The van der Waals surface area contributed by atoms with Crippen molar-refractivity contribution < 1.29 is 9.47 Å². The van der Waals surface area contributed by atoms with E-state index in [4.69, 9.17) is 9.47 Å². The fraction of sp³-hybridized carbons (Fsp3) is 1.00. The van der Waals surface area contributed by atoms with Gasteiger partial charge < -0.3 is 14.8 Å². The first kappa shape index (κ1) is 15.9. The summed E-state index contributed by atoms with van der Waals surface area (Å²) in [6.45, 7) is 5.68. The second-order valence-corrected chi connectivity index (χ2v) is 5.45. The molecule has 1 fully saturated rings. The Morgan fingerprint density at radius 1 is 1.06 bits per heavy atom. The molecule has 0 spiro atoms. The fourth-order valence-electron chi connectivity index (χ4n) is 2.73. The molecule has 0 amide bonds. The standard InChI is InChI=1S/C15H31NO2/c1-14(15-8-5-3-4-6-9-15)16-10-7-11-18-13-12-17-2/h14-16H,3-13H2,1-2H3/t14-/m1/s1. The molecule has 0 bridgehead atoms. The summed E-state index contributed by atoms with van der Waals surface area (Å²) in [6.07, 6.45) is 9.67. The summed E-state index contributed by atoms with van der Waals surface area (Å²) in [5.74, 6) is 0.891. The normalized spacial score (nSPS) is 19.7. The molecule has 0 aromatic carbocycles. The van der Waals surface area contributed by atoms with E-state index in [2.05, 4.69) is 12.2 Å². The maximum Gasteiger partial charge on any atom is 0.0700 e. The molecule has 0 saturated heterocycles. The van der Waals surface area contributed by atoms with Crippen molar-refractivity contribution in [1.82, 2.24) is 5.32 Å². The quantitative estimate of drug-likeness (QED) is 0.509. The molecule has 0 unspecified atom stereocenters. The molecule has 18 heavy (non-hydrogen) atoms. The van der Waals surface area contributed by atoms with Crippen molar-refractivity contribution in [2.24, 2.45) is 5.92 Å². The summed E-state index contributed by atoms with van der Waals surface area (Å²) in [7, 11) is 1.71. The van der Waals surface area contributed by atoms with Gasteiger partial charge in [-0.1, -0.05) is 25.7 Å². The van der Waals surface area contributed by atoms with E-state index >= 15 is 0 Å². The van der Waals surface area contributed by atoms with Crippen molar-refractivity contribution in [3.8, 4) is 0 Å². The van der Waals surface area contributed by atoms with E-state index in [-0.39, 0.29) is 0 Å². The smallest absolute Gasteiger partial charge is 0.0700 e. The van der Waals surface area contributed by atoms with E-state index in [1.54, 1.807) is 7.11 Å². The first-order valence-electron chi connectivity index (χ1n) is 7.64. The molecule has 1 rings (SSSR count). The Morgan fingerprint density at radius 2 is 1.78 bits per heavy atom. The van der Waals surface area contributed by atoms with Crippen molar-refractivity contribution >= 4 is 0 Å². The SMILES string of the molecule is COCCOCCCN[C@H](C)C1CCCCCC1. The van der Waals surface area contributed by atoms with E-state index in [1.165, 1.54) is 38.5 Å². The molecule has 1 aliphatic rings. The van der Waals surface area contributed by atoms with Crippen LogP contribution >= 0.6 is 0 Å². The van der Waals surface area contributed by atoms with Crippen LogP contribution in [-0.2, 0) is 9.47 Å². The van der Waals surface area contributed by atoms with Gasteiger partial charge in [0.05, 0.1) is 13.2 Å². The Labute approximate surface area is 113 Å². The van der Waals surface area contributed by atoms with Crippen LogP contribution < -0.4 is 5.32 Å². The first-order valence-corrected chi connectivity index (χ1v) is 7.64. The van der Waals surface area contributed by atoms with Crippen LogP contribution in [0.4, 0.5) is 0 Å². The minimum absolute atomic E-state index is 0.669. The van der Waals surface area contributed by atoms with Crippen molar-refractivity contribution in [2.45, 2.75) is 57.9 Å². The number of ether oxygens (including phenoxy) is 2. The van der Waals surface area contributed by atoms with Crippen LogP contribution in [0, 0.1) is 5.92 Å². The number of methoxy groups -OCH3 is 1. The molecular weight excluding hydrogens is 226 g/mol. The molecule has 3 nitrogen and oxygen atoms in total. The van der Waals surface area contributed by atoms with Crippen molar-refractivity contribution in [3.05, 3.63) is 0 Å². The molecule has 1 atom stereocenters. The summed E-state index contributed by atoms with van der Waals surface area (Å²) in [4.78, 5) is 0. The van der Waals surface area contributed by atoms with Crippen LogP contribution in [0.25, 0.3) is 0 Å². The summed E-state index contributed by atoms with van der Waals surface area (Å²) < 4.78 is 10.4. The molecule has 1 N–H and O–H groups in total. The van der Waals surface area contributed by atoms with Crippen molar-refractivity contribution in [3.63, 3.8) is 0 Å². The first-order chi connectivity index (χ1) is 8.84. The number of nitrogens with one attached hydrogen (secondary N) is 1. The van der Waals surface area contributed by atoms with Crippen LogP contribution in [0.5, 0.6) is 0 Å². The Morgan fingerprint density at radius 3 is 2.44 bits per heavy atom. The molecule has 0 heterocycles. The molecule has 108 valence electrons. The van der Waals surface area contributed by atoms with Crippen LogP contribution in [-0.4, -0.2) is 39.5 Å². The summed E-state index contributed by atoms with van der Waals surface area (Å²) in [6, 6.07) is 0.669. The lowest BCUT2D eigenvalue weighted by atomic mass is 9.93. The molecule has 1 saturated carbocycles. The van der Waals surface area contributed by atoms with E-state index in [1.807, 2.05) is 0 Å². The molecule has 3 heteroatoms. The summed E-state index contributed by atoms with van der Waals surface area (Å²) in [5, 5.41) is 3.66. The number of hydrogen-bond donors (Lipinski definition) is 1. The van der Waals surface area contributed by atoms with Crippen LogP contribution in [0.1, 0.15) is 51.9 Å². The average Bonchev–Trinajstić information content (AvgIpc) is 2.66. The largest absolute Gasteiger partial charge is 0.382 e. The van der Waals surface area contributed by atoms with Gasteiger partial charge in [-0.3, -0.25) is 0 Å². The van der Waals surface area contributed by atoms with E-state index in [0.29, 0.717) is 19.3 Å². The average molecular weight is 257 g/mol. The predicted molar refractivity (Wildman–Crippen MR) is 76.0 cm³/mol. The summed E-state index contributed by atoms with van der Waals surface area (Å²) in [5.41, 5.74) is 0. The Bertz CT molecular complexity index is 179. The van der Waals surface area contributed by atoms with E-state index in [0.717, 1.165) is 25.5 Å². The van der Waals surface area contributed by atoms with Gasteiger partial charge in [-0.05, 0) is 38.6 Å². The van der Waals surface area contributed by atoms with Gasteiger partial charge in [0.15, 0.2) is 0 Å². The van der Waals surface area contributed by atoms with E-state index < -0.39 is 0 Å². The minimum Gasteiger partial charge on any atom is -0.382 e. The molecule has 0 aromatic heterocycles. The zero-order valence-corrected chi connectivity index (χ0v) is 12.2. The fourth-order valence-corrected chi connectivity index (χ4v) is 2.73. The van der Waals surface area contributed by atoms with Gasteiger partial charge in [0.2, 0.25) is 0 Å². The van der Waals surface area contributed by atoms with E-state index in [9.17, 15) is 0 Å². The minimum atomic E-state index is 0.669. The van der Waals surface area contributed by atoms with Gasteiger partial charge in [0.1, 0.15) is 0 Å². The molecule has 1 aliphatic carbocycles. The topological polar surface area (TPSA) is 30.5 Å². The Kier molecular flexibility index (Phi) is 9.54. The van der Waals surface area contributed by atoms with Crippen LogP contribution in [0.2, 0.25) is 0 Å². The molecule has 0 aromatic rings. The van der Waals surface area contributed by atoms with Crippen molar-refractivity contribution in [2.75, 3.05) is 33.5 Å². The lowest BCUT2D eigenvalue weighted by Gasteiger charge is -2.23. The molecule has 0 aliphatic heterocycles. The maximum atomic E-state index is 5.46. The highest BCUT2D eigenvalue weighted by Gasteiger charge is 2.17. The zero-order valence-electron chi connectivity index (χ0n) is 12.2. The molecule has 0 radical (unpaired) electrons. The van der Waals surface area contributed by atoms with Gasteiger partial charge in [0, 0.05) is 19.8 Å². The van der Waals surface area contributed by atoms with Gasteiger partial charge in [0.25, 0.3) is 0 Å². The second-order valence-electron chi connectivity index (χ2n) is 5.45. The van der Waals surface area contributed by atoms with Gasteiger partial charge in [-0.25, -0.2) is 0 Å². The predicted octanol–water partition coefficient (Wildman–Crippen LogP) is 2.99. The third-order valence-corrected chi connectivity index (χ3v) is 3.97. The third kappa shape index (κ3) is 7.34. The highest BCUT2D eigenvalue weighted by Crippen LogP contribution is 2.25. The lowest BCUT2D eigenvalue weighted by molar-refractivity contribution is 0.0690. The third-order valence-electron chi connectivity index (χ3n) is 3.97. The maximum absolute atomic E-state index is 5.46. The van der Waals surface area contributed by atoms with Gasteiger partial charge in [-0.15, -0.1) is 0 Å². The Balaban J connectivity index is 1.96. The monoisotopic (exact) mass is 257 g/mol. The highest BCUT2D eigenvalue weighted by atomic mass is 16.5. The summed E-state index contributed by atoms with van der Waals surface area (Å²) >= 11 is 0. The van der Waals surface area contributed by atoms with Crippen LogP contribution in [0.3, 0.4) is 0 Å². The number of rotatable bonds is 9. The van der Waals surface area contributed by atoms with Crippen molar-refractivity contribution in [1.29, 1.82) is 0 Å². The molecular formula is C15H31NO2. The Hall–Kier alpha value is -0.120. The van der Waals surface area contributed by atoms with Crippen LogP contribution in [0.15, 0.2) is 0 Å². The lowest BCUT2D eigenvalue weighted by Crippen LogP contribution is -2.34. The zero-order chi connectivity index (χ0) is 13.1. The van der Waals surface area contributed by atoms with Gasteiger partial charge in [-0.2, -0.15) is 0 Å². The highest BCUT2D eigenvalue weighted by molar-refractivity contribution is 4.74.